The van der Waals surface area contributed by atoms with Crippen molar-refractivity contribution in [3.8, 4) is 0 Å². The number of rotatable bonds is 4. The van der Waals surface area contributed by atoms with Crippen LogP contribution in [0.25, 0.3) is 0 Å². The van der Waals surface area contributed by atoms with Gasteiger partial charge in [-0.3, -0.25) is 0 Å². The lowest BCUT2D eigenvalue weighted by Gasteiger charge is -2.23. The Morgan fingerprint density at radius 1 is 1.32 bits per heavy atom. The van der Waals surface area contributed by atoms with Crippen molar-refractivity contribution in [3.05, 3.63) is 54.0 Å². The largest absolute Gasteiger partial charge is 0.389 e. The van der Waals surface area contributed by atoms with Crippen molar-refractivity contribution in [2.45, 2.75) is 20.0 Å². The van der Waals surface area contributed by atoms with Crippen LogP contribution in [0.2, 0.25) is 0 Å². The summed E-state index contributed by atoms with van der Waals surface area (Å²) in [6.07, 6.45) is 1.06. The molecule has 1 N–H and O–H groups in total. The van der Waals surface area contributed by atoms with Crippen LogP contribution in [-0.2, 0) is 0 Å². The fraction of sp³-hybridized carbons (Fsp3) is 0.267. The summed E-state index contributed by atoms with van der Waals surface area (Å²) < 4.78 is 13.9. The van der Waals surface area contributed by atoms with Crippen LogP contribution in [0.15, 0.2) is 42.6 Å². The lowest BCUT2D eigenvalue weighted by atomic mass is 10.1. The van der Waals surface area contributed by atoms with Gasteiger partial charge in [-0.15, -0.1) is 0 Å². The van der Waals surface area contributed by atoms with Gasteiger partial charge in [0.05, 0.1) is 11.8 Å². The average molecular weight is 260 g/mol. The summed E-state index contributed by atoms with van der Waals surface area (Å²) in [7, 11) is 0. The van der Waals surface area contributed by atoms with Gasteiger partial charge in [0, 0.05) is 12.7 Å². The number of benzene rings is 1. The summed E-state index contributed by atoms with van der Waals surface area (Å²) in [6.45, 7) is 4.22. The number of aliphatic hydroxyl groups excluding tert-OH is 1. The quantitative estimate of drug-likeness (QED) is 0.915. The van der Waals surface area contributed by atoms with Gasteiger partial charge in [0.25, 0.3) is 0 Å². The number of hydrogen-bond acceptors (Lipinski definition) is 3. The van der Waals surface area contributed by atoms with E-state index in [1.54, 1.807) is 48.4 Å². The minimum Gasteiger partial charge on any atom is -0.389 e. The smallest absolute Gasteiger partial charge is 0.146 e. The van der Waals surface area contributed by atoms with Crippen molar-refractivity contribution in [3.63, 3.8) is 0 Å². The van der Waals surface area contributed by atoms with E-state index in [9.17, 15) is 9.50 Å². The molecule has 1 aromatic heterocycles. The molecule has 0 spiro atoms. The summed E-state index contributed by atoms with van der Waals surface area (Å²) >= 11 is 0. The average Bonchev–Trinajstić information content (AvgIpc) is 2.42. The second kappa shape index (κ2) is 5.80. The Labute approximate surface area is 112 Å². The molecule has 0 aliphatic heterocycles. The summed E-state index contributed by atoms with van der Waals surface area (Å²) in [5, 5.41) is 9.61. The molecule has 0 saturated heterocycles. The van der Waals surface area contributed by atoms with E-state index in [0.29, 0.717) is 18.1 Å². The van der Waals surface area contributed by atoms with Gasteiger partial charge in [0.15, 0.2) is 0 Å². The number of para-hydroxylation sites is 1. The predicted octanol–water partition coefficient (Wildman–Crippen LogP) is 3.43. The standard InChI is InChI=1S/C15H17FN2O/c1-3-18(14-7-5-4-6-13(14)16)15-10-12(11(2)19)8-9-17-15/h4-11,19H,3H2,1-2H3. The lowest BCUT2D eigenvalue weighted by Crippen LogP contribution is -2.18. The summed E-state index contributed by atoms with van der Waals surface area (Å²) in [6, 6.07) is 10.1. The van der Waals surface area contributed by atoms with E-state index < -0.39 is 6.10 Å². The van der Waals surface area contributed by atoms with E-state index in [1.165, 1.54) is 6.07 Å². The monoisotopic (exact) mass is 260 g/mol. The van der Waals surface area contributed by atoms with E-state index in [4.69, 9.17) is 0 Å². The number of hydrogen-bond donors (Lipinski definition) is 1. The summed E-state index contributed by atoms with van der Waals surface area (Å²) in [5.41, 5.74) is 1.25. The van der Waals surface area contributed by atoms with Crippen LogP contribution in [0.1, 0.15) is 25.5 Å². The van der Waals surface area contributed by atoms with Crippen LogP contribution in [-0.4, -0.2) is 16.6 Å². The Hall–Kier alpha value is -1.94. The van der Waals surface area contributed by atoms with E-state index in [0.717, 1.165) is 5.56 Å². The summed E-state index contributed by atoms with van der Waals surface area (Å²) in [5.74, 6) is 0.347. The number of halogens is 1. The maximum atomic E-state index is 13.9. The van der Waals surface area contributed by atoms with E-state index in [-0.39, 0.29) is 5.82 Å². The first-order chi connectivity index (χ1) is 9.13. The predicted molar refractivity (Wildman–Crippen MR) is 74.0 cm³/mol. The fourth-order valence-corrected chi connectivity index (χ4v) is 1.97. The van der Waals surface area contributed by atoms with Gasteiger partial charge in [-0.1, -0.05) is 12.1 Å². The minimum atomic E-state index is -0.568. The molecule has 0 aliphatic rings. The molecule has 4 heteroatoms. The van der Waals surface area contributed by atoms with Crippen molar-refractivity contribution in [2.24, 2.45) is 0 Å². The number of pyridine rings is 1. The maximum absolute atomic E-state index is 13.9. The van der Waals surface area contributed by atoms with E-state index >= 15 is 0 Å². The molecule has 2 rings (SSSR count). The van der Waals surface area contributed by atoms with Gasteiger partial charge in [0.2, 0.25) is 0 Å². The molecule has 19 heavy (non-hydrogen) atoms. The molecule has 1 aromatic carbocycles. The molecule has 0 fully saturated rings. The first-order valence-corrected chi connectivity index (χ1v) is 6.29. The second-order valence-corrected chi connectivity index (χ2v) is 4.32. The maximum Gasteiger partial charge on any atom is 0.146 e. The van der Waals surface area contributed by atoms with Crippen molar-refractivity contribution in [1.29, 1.82) is 0 Å². The molecule has 1 atom stereocenters. The molecule has 1 heterocycles. The highest BCUT2D eigenvalue weighted by Crippen LogP contribution is 2.27. The van der Waals surface area contributed by atoms with Crippen LogP contribution < -0.4 is 4.90 Å². The zero-order chi connectivity index (χ0) is 13.8. The lowest BCUT2D eigenvalue weighted by molar-refractivity contribution is 0.199. The molecule has 0 saturated carbocycles. The van der Waals surface area contributed by atoms with Gasteiger partial charge in [-0.05, 0) is 43.7 Å². The van der Waals surface area contributed by atoms with Crippen LogP contribution in [0, 0.1) is 5.82 Å². The molecule has 0 radical (unpaired) electrons. The zero-order valence-electron chi connectivity index (χ0n) is 11.0. The molecule has 100 valence electrons. The van der Waals surface area contributed by atoms with Gasteiger partial charge in [0.1, 0.15) is 11.6 Å². The van der Waals surface area contributed by atoms with Gasteiger partial charge < -0.3 is 10.0 Å². The van der Waals surface area contributed by atoms with Crippen molar-refractivity contribution in [1.82, 2.24) is 4.98 Å². The first kappa shape index (κ1) is 13.5. The molecule has 3 nitrogen and oxygen atoms in total. The van der Waals surface area contributed by atoms with Gasteiger partial charge in [-0.25, -0.2) is 9.37 Å². The Morgan fingerprint density at radius 3 is 2.68 bits per heavy atom. The normalized spacial score (nSPS) is 12.2. The Morgan fingerprint density at radius 2 is 2.05 bits per heavy atom. The topological polar surface area (TPSA) is 36.4 Å². The van der Waals surface area contributed by atoms with E-state index in [2.05, 4.69) is 4.98 Å². The molecule has 2 aromatic rings. The highest BCUT2D eigenvalue weighted by atomic mass is 19.1. The van der Waals surface area contributed by atoms with Crippen LogP contribution >= 0.6 is 0 Å². The highest BCUT2D eigenvalue weighted by Gasteiger charge is 2.13. The van der Waals surface area contributed by atoms with Crippen molar-refractivity contribution >= 4 is 11.5 Å². The van der Waals surface area contributed by atoms with Crippen LogP contribution in [0.3, 0.4) is 0 Å². The van der Waals surface area contributed by atoms with Crippen molar-refractivity contribution < 1.29 is 9.50 Å². The molecule has 1 unspecified atom stereocenters. The highest BCUT2D eigenvalue weighted by molar-refractivity contribution is 5.60. The third-order valence-corrected chi connectivity index (χ3v) is 2.99. The molecular formula is C15H17FN2O. The minimum absolute atomic E-state index is 0.284. The number of anilines is 2. The molecule has 0 amide bonds. The van der Waals surface area contributed by atoms with E-state index in [1.807, 2.05) is 6.92 Å². The Balaban J connectivity index is 2.43. The third-order valence-electron chi connectivity index (χ3n) is 2.99. The number of aliphatic hydroxyl groups is 1. The molecule has 0 aliphatic carbocycles. The van der Waals surface area contributed by atoms with Gasteiger partial charge in [-0.2, -0.15) is 0 Å². The summed E-state index contributed by atoms with van der Waals surface area (Å²) in [4.78, 5) is 6.04. The van der Waals surface area contributed by atoms with Crippen LogP contribution in [0.5, 0.6) is 0 Å². The SMILES string of the molecule is CCN(c1cc(C(C)O)ccn1)c1ccccc1F. The molecule has 0 bridgehead atoms. The number of nitrogens with zero attached hydrogens (tertiary/aromatic N) is 2. The first-order valence-electron chi connectivity index (χ1n) is 6.29. The second-order valence-electron chi connectivity index (χ2n) is 4.32. The Kier molecular flexibility index (Phi) is 4.12. The van der Waals surface area contributed by atoms with Crippen molar-refractivity contribution in [2.75, 3.05) is 11.4 Å². The van der Waals surface area contributed by atoms with Gasteiger partial charge >= 0.3 is 0 Å². The van der Waals surface area contributed by atoms with Crippen LogP contribution in [0.4, 0.5) is 15.9 Å². The zero-order valence-corrected chi connectivity index (χ0v) is 11.0. The third kappa shape index (κ3) is 2.90. The Bertz CT molecular complexity index is 557. The molecular weight excluding hydrogens is 243 g/mol. The number of aromatic nitrogens is 1. The fourth-order valence-electron chi connectivity index (χ4n) is 1.97.